The predicted molar refractivity (Wildman–Crippen MR) is 133 cm³/mol. The predicted octanol–water partition coefficient (Wildman–Crippen LogP) is 5.36. The third-order valence-corrected chi connectivity index (χ3v) is 6.42. The Morgan fingerprint density at radius 1 is 1.00 bits per heavy atom. The van der Waals surface area contributed by atoms with Crippen LogP contribution in [0.25, 0.3) is 16.6 Å². The van der Waals surface area contributed by atoms with E-state index in [9.17, 15) is 14.4 Å². The number of hydrogen-bond donors (Lipinski definition) is 1. The molecule has 1 N–H and O–H groups in total. The van der Waals surface area contributed by atoms with E-state index in [-0.39, 0.29) is 17.2 Å². The molecule has 8 heteroatoms. The zero-order valence-electron chi connectivity index (χ0n) is 17.9. The minimum absolute atomic E-state index is 0.0447. The molecular weight excluding hydrogens is 458 g/mol. The molecule has 3 aromatic carbocycles. The Morgan fingerprint density at radius 2 is 1.67 bits per heavy atom. The normalized spacial score (nSPS) is 11.8. The van der Waals surface area contributed by atoms with E-state index in [0.717, 1.165) is 0 Å². The van der Waals surface area contributed by atoms with Crippen molar-refractivity contribution in [1.29, 1.82) is 0 Å². The number of nitrogens with one attached hydrogen (secondary N) is 1. The van der Waals surface area contributed by atoms with Crippen molar-refractivity contribution in [2.24, 2.45) is 0 Å². The first-order valence-electron chi connectivity index (χ1n) is 10.2. The van der Waals surface area contributed by atoms with Gasteiger partial charge in [-0.05, 0) is 62.4 Å². The molecular formula is C25H20ClN3O3S. The average Bonchev–Trinajstić information content (AvgIpc) is 2.80. The van der Waals surface area contributed by atoms with Gasteiger partial charge in [0.2, 0.25) is 5.91 Å². The Morgan fingerprint density at radius 3 is 2.36 bits per heavy atom. The summed E-state index contributed by atoms with van der Waals surface area (Å²) < 4.78 is 1.45. The highest BCUT2D eigenvalue weighted by Gasteiger charge is 2.21. The first kappa shape index (κ1) is 22.8. The lowest BCUT2D eigenvalue weighted by Gasteiger charge is -2.17. The smallest absolute Gasteiger partial charge is 0.266 e. The number of carbonyl (C=O) groups excluding carboxylic acids is 2. The van der Waals surface area contributed by atoms with Gasteiger partial charge in [-0.3, -0.25) is 19.0 Å². The largest absolute Gasteiger partial charge is 0.325 e. The average molecular weight is 478 g/mol. The van der Waals surface area contributed by atoms with Crippen molar-refractivity contribution >= 4 is 51.6 Å². The van der Waals surface area contributed by atoms with Gasteiger partial charge in [-0.25, -0.2) is 4.98 Å². The van der Waals surface area contributed by atoms with Gasteiger partial charge in [0.25, 0.3) is 5.56 Å². The van der Waals surface area contributed by atoms with Gasteiger partial charge in [0.1, 0.15) is 0 Å². The van der Waals surface area contributed by atoms with E-state index in [1.165, 1.54) is 23.3 Å². The molecule has 4 aromatic rings. The molecule has 166 valence electrons. The molecule has 1 aromatic heterocycles. The van der Waals surface area contributed by atoms with Gasteiger partial charge in [-0.15, -0.1) is 0 Å². The monoisotopic (exact) mass is 477 g/mol. The quantitative estimate of drug-likeness (QED) is 0.229. The number of anilines is 1. The van der Waals surface area contributed by atoms with E-state index in [1.807, 2.05) is 6.07 Å². The van der Waals surface area contributed by atoms with Gasteiger partial charge in [0.05, 0.1) is 26.9 Å². The van der Waals surface area contributed by atoms with Crippen molar-refractivity contribution in [2.75, 3.05) is 5.32 Å². The van der Waals surface area contributed by atoms with Crippen LogP contribution in [0.5, 0.6) is 0 Å². The summed E-state index contributed by atoms with van der Waals surface area (Å²) in [5.41, 5.74) is 1.92. The molecule has 0 aliphatic carbocycles. The molecule has 33 heavy (non-hydrogen) atoms. The number of benzene rings is 3. The van der Waals surface area contributed by atoms with Crippen LogP contribution < -0.4 is 10.9 Å². The minimum Gasteiger partial charge on any atom is -0.325 e. The van der Waals surface area contributed by atoms with Gasteiger partial charge in [-0.1, -0.05) is 47.6 Å². The second-order valence-electron chi connectivity index (χ2n) is 7.39. The van der Waals surface area contributed by atoms with Crippen LogP contribution in [0.2, 0.25) is 5.02 Å². The van der Waals surface area contributed by atoms with Crippen LogP contribution in [0.1, 0.15) is 24.2 Å². The minimum atomic E-state index is -0.570. The fourth-order valence-electron chi connectivity index (χ4n) is 3.28. The number of hydrogen-bond acceptors (Lipinski definition) is 5. The van der Waals surface area contributed by atoms with Crippen molar-refractivity contribution in [3.63, 3.8) is 0 Å². The Kier molecular flexibility index (Phi) is 6.62. The van der Waals surface area contributed by atoms with Crippen LogP contribution in [-0.4, -0.2) is 26.5 Å². The Labute approximate surface area is 199 Å². The molecule has 6 nitrogen and oxygen atoms in total. The Hall–Kier alpha value is -3.42. The number of fused-ring (bicyclic) bond motifs is 1. The maximum absolute atomic E-state index is 13.4. The maximum atomic E-state index is 13.4. The van der Waals surface area contributed by atoms with Crippen molar-refractivity contribution in [2.45, 2.75) is 24.3 Å². The standard InChI is InChI=1S/C25H20ClN3O3S/c1-15(30)17-11-13-18(14-12-17)27-23(31)16(2)33-25-28-21-9-5-3-7-19(21)24(32)29(25)22-10-6-4-8-20(22)26/h3-14,16H,1-2H3,(H,27,31)/t16-/m0/s1. The first-order valence-corrected chi connectivity index (χ1v) is 11.5. The number of thioether (sulfide) groups is 1. The summed E-state index contributed by atoms with van der Waals surface area (Å²) in [4.78, 5) is 42.3. The number of carbonyl (C=O) groups is 2. The molecule has 0 bridgehead atoms. The lowest BCUT2D eigenvalue weighted by atomic mass is 10.1. The van der Waals surface area contributed by atoms with Crippen LogP contribution >= 0.6 is 23.4 Å². The lowest BCUT2D eigenvalue weighted by Crippen LogP contribution is -2.26. The summed E-state index contributed by atoms with van der Waals surface area (Å²) in [5.74, 6) is -0.305. The van der Waals surface area contributed by atoms with Crippen LogP contribution in [0.3, 0.4) is 0 Å². The summed E-state index contributed by atoms with van der Waals surface area (Å²) in [6, 6.07) is 20.8. The molecule has 0 fully saturated rings. The van der Waals surface area contributed by atoms with Gasteiger partial charge in [-0.2, -0.15) is 0 Å². The summed E-state index contributed by atoms with van der Waals surface area (Å²) in [6.07, 6.45) is 0. The topological polar surface area (TPSA) is 81.1 Å². The highest BCUT2D eigenvalue weighted by molar-refractivity contribution is 8.00. The number of aromatic nitrogens is 2. The fraction of sp³-hybridized carbons (Fsp3) is 0.120. The van der Waals surface area contributed by atoms with Gasteiger partial charge in [0.15, 0.2) is 10.9 Å². The molecule has 0 unspecified atom stereocenters. The van der Waals surface area contributed by atoms with Gasteiger partial charge in [0, 0.05) is 11.3 Å². The van der Waals surface area contributed by atoms with Crippen molar-refractivity contribution in [3.05, 3.63) is 93.7 Å². The molecule has 1 atom stereocenters. The lowest BCUT2D eigenvalue weighted by molar-refractivity contribution is -0.115. The highest BCUT2D eigenvalue weighted by Crippen LogP contribution is 2.28. The zero-order valence-corrected chi connectivity index (χ0v) is 19.5. The molecule has 0 aliphatic rings. The second kappa shape index (κ2) is 9.60. The molecule has 1 heterocycles. The summed E-state index contributed by atoms with van der Waals surface area (Å²) in [7, 11) is 0. The summed E-state index contributed by atoms with van der Waals surface area (Å²) >= 11 is 7.56. The number of para-hydroxylation sites is 2. The Bertz CT molecular complexity index is 1420. The maximum Gasteiger partial charge on any atom is 0.266 e. The van der Waals surface area contributed by atoms with Crippen LogP contribution in [0.15, 0.2) is 82.7 Å². The van der Waals surface area contributed by atoms with Crippen LogP contribution in [0, 0.1) is 0 Å². The van der Waals surface area contributed by atoms with E-state index in [1.54, 1.807) is 73.7 Å². The zero-order chi connectivity index (χ0) is 23.5. The number of nitrogens with zero attached hydrogens (tertiary/aromatic N) is 2. The van der Waals surface area contributed by atoms with Gasteiger partial charge < -0.3 is 5.32 Å². The Balaban J connectivity index is 1.68. The highest BCUT2D eigenvalue weighted by atomic mass is 35.5. The fourth-order valence-corrected chi connectivity index (χ4v) is 4.42. The van der Waals surface area contributed by atoms with E-state index in [4.69, 9.17) is 11.6 Å². The van der Waals surface area contributed by atoms with E-state index < -0.39 is 5.25 Å². The molecule has 0 aliphatic heterocycles. The van der Waals surface area contributed by atoms with E-state index in [2.05, 4.69) is 10.3 Å². The first-order chi connectivity index (χ1) is 15.8. The molecule has 1 amide bonds. The van der Waals surface area contributed by atoms with Crippen molar-refractivity contribution in [3.8, 4) is 5.69 Å². The number of ketones is 1. The second-order valence-corrected chi connectivity index (χ2v) is 9.10. The van der Waals surface area contributed by atoms with E-state index in [0.29, 0.717) is 38.0 Å². The number of halogens is 1. The van der Waals surface area contributed by atoms with Crippen LogP contribution in [0.4, 0.5) is 5.69 Å². The van der Waals surface area contributed by atoms with Crippen molar-refractivity contribution in [1.82, 2.24) is 9.55 Å². The van der Waals surface area contributed by atoms with Crippen molar-refractivity contribution < 1.29 is 9.59 Å². The summed E-state index contributed by atoms with van der Waals surface area (Å²) in [5, 5.41) is 3.50. The number of rotatable bonds is 6. The molecule has 0 saturated heterocycles. The van der Waals surface area contributed by atoms with Gasteiger partial charge >= 0.3 is 0 Å². The molecule has 0 spiro atoms. The number of Topliss-reactive ketones (excluding diaryl/α,β-unsaturated/α-hetero) is 1. The SMILES string of the molecule is CC(=O)c1ccc(NC(=O)[C@H](C)Sc2nc3ccccc3c(=O)n2-c2ccccc2Cl)cc1. The third kappa shape index (κ3) is 4.84. The molecule has 0 saturated carbocycles. The van der Waals surface area contributed by atoms with E-state index >= 15 is 0 Å². The van der Waals surface area contributed by atoms with Crippen LogP contribution in [-0.2, 0) is 4.79 Å². The third-order valence-electron chi connectivity index (χ3n) is 5.05. The summed E-state index contributed by atoms with van der Waals surface area (Å²) in [6.45, 7) is 3.23. The number of amides is 1. The molecule has 0 radical (unpaired) electrons. The molecule has 4 rings (SSSR count).